The normalized spacial score (nSPS) is 9.60. The van der Waals surface area contributed by atoms with Crippen LogP contribution < -0.4 is 0 Å². The van der Waals surface area contributed by atoms with Gasteiger partial charge in [-0.2, -0.15) is 6.58 Å². The largest absolute Gasteiger partial charge is 0.155 e. The third-order valence-electron chi connectivity index (χ3n) is 2.29. The molecular formula is C15H13-. The molecule has 0 heteroatoms. The van der Waals surface area contributed by atoms with Crippen LogP contribution in [0.3, 0.4) is 0 Å². The third kappa shape index (κ3) is 2.50. The standard InChI is InChI=1S/C15H13/c1-13(15-10-6-3-7-11-15)12-14-8-4-2-5-9-14/h2-12H,1H2/q-1. The lowest BCUT2D eigenvalue weighted by molar-refractivity contribution is 1.51. The monoisotopic (exact) mass is 193 g/mol. The zero-order valence-electron chi connectivity index (χ0n) is 8.56. The Balaban J connectivity index is 2.12. The SMILES string of the molecule is C=C([CH-]c1ccccc1)c1ccccc1. The molecule has 0 nitrogen and oxygen atoms in total. The van der Waals surface area contributed by atoms with Gasteiger partial charge >= 0.3 is 0 Å². The van der Waals surface area contributed by atoms with Crippen LogP contribution in [0.5, 0.6) is 0 Å². The van der Waals surface area contributed by atoms with Crippen molar-refractivity contribution in [1.82, 2.24) is 0 Å². The van der Waals surface area contributed by atoms with Crippen LogP contribution in [0.4, 0.5) is 0 Å². The molecule has 2 aromatic carbocycles. The Labute approximate surface area is 90.9 Å². The van der Waals surface area contributed by atoms with E-state index < -0.39 is 0 Å². The minimum atomic E-state index is 1.04. The summed E-state index contributed by atoms with van der Waals surface area (Å²) in [5.74, 6) is 0. The summed E-state index contributed by atoms with van der Waals surface area (Å²) in [5, 5.41) is 0. The number of benzene rings is 2. The summed E-state index contributed by atoms with van der Waals surface area (Å²) in [6.45, 7) is 4.06. The molecule has 2 aromatic rings. The van der Waals surface area contributed by atoms with Gasteiger partial charge in [-0.05, 0) is 0 Å². The fourth-order valence-corrected chi connectivity index (χ4v) is 1.49. The second kappa shape index (κ2) is 4.52. The Morgan fingerprint density at radius 3 is 1.93 bits per heavy atom. The molecule has 0 saturated carbocycles. The van der Waals surface area contributed by atoms with E-state index in [1.54, 1.807) is 0 Å². The molecule has 0 bridgehead atoms. The van der Waals surface area contributed by atoms with Crippen LogP contribution in [0.2, 0.25) is 0 Å². The maximum atomic E-state index is 4.06. The average Bonchev–Trinajstić information content (AvgIpc) is 2.31. The van der Waals surface area contributed by atoms with E-state index >= 15 is 0 Å². The summed E-state index contributed by atoms with van der Waals surface area (Å²) in [7, 11) is 0. The van der Waals surface area contributed by atoms with Crippen LogP contribution in [0.15, 0.2) is 67.2 Å². The van der Waals surface area contributed by atoms with E-state index in [1.165, 1.54) is 11.1 Å². The molecule has 0 radical (unpaired) electrons. The van der Waals surface area contributed by atoms with E-state index in [2.05, 4.69) is 37.3 Å². The number of hydrogen-bond donors (Lipinski definition) is 0. The maximum absolute atomic E-state index is 4.06. The molecule has 0 unspecified atom stereocenters. The molecule has 15 heavy (non-hydrogen) atoms. The van der Waals surface area contributed by atoms with Crippen LogP contribution in [0.25, 0.3) is 5.57 Å². The lowest BCUT2D eigenvalue weighted by atomic mass is 10.00. The van der Waals surface area contributed by atoms with Crippen molar-refractivity contribution < 1.29 is 0 Å². The predicted molar refractivity (Wildman–Crippen MR) is 65.3 cm³/mol. The second-order valence-electron chi connectivity index (χ2n) is 3.45. The quantitative estimate of drug-likeness (QED) is 0.647. The molecule has 0 amide bonds. The summed E-state index contributed by atoms with van der Waals surface area (Å²) in [5.41, 5.74) is 3.40. The smallest absolute Gasteiger partial charge is 0.0635 e. The molecule has 74 valence electrons. The summed E-state index contributed by atoms with van der Waals surface area (Å²) < 4.78 is 0. The van der Waals surface area contributed by atoms with Crippen LogP contribution in [0, 0.1) is 6.42 Å². The summed E-state index contributed by atoms with van der Waals surface area (Å²) in [6, 6.07) is 20.4. The zero-order chi connectivity index (χ0) is 10.5. The molecule has 0 spiro atoms. The minimum absolute atomic E-state index is 1.04. The number of allylic oxidation sites excluding steroid dienone is 1. The summed E-state index contributed by atoms with van der Waals surface area (Å²) >= 11 is 0. The Hall–Kier alpha value is -1.95. The predicted octanol–water partition coefficient (Wildman–Crippen LogP) is 3.95. The van der Waals surface area contributed by atoms with Crippen molar-refractivity contribution in [1.29, 1.82) is 0 Å². The highest BCUT2D eigenvalue weighted by atomic mass is 14.0. The second-order valence-corrected chi connectivity index (χ2v) is 3.45. The Morgan fingerprint density at radius 2 is 1.33 bits per heavy atom. The lowest BCUT2D eigenvalue weighted by Crippen LogP contribution is -1.85. The van der Waals surface area contributed by atoms with Gasteiger partial charge in [0, 0.05) is 0 Å². The minimum Gasteiger partial charge on any atom is -0.155 e. The number of hydrogen-bond acceptors (Lipinski definition) is 0. The van der Waals surface area contributed by atoms with Crippen molar-refractivity contribution in [2.24, 2.45) is 0 Å². The topological polar surface area (TPSA) is 0 Å². The van der Waals surface area contributed by atoms with E-state index in [9.17, 15) is 0 Å². The molecule has 0 atom stereocenters. The fourth-order valence-electron chi connectivity index (χ4n) is 1.49. The average molecular weight is 193 g/mol. The Kier molecular flexibility index (Phi) is 2.89. The van der Waals surface area contributed by atoms with Gasteiger partial charge in [-0.15, -0.1) is 29.7 Å². The maximum Gasteiger partial charge on any atom is -0.0635 e. The number of rotatable bonds is 3. The summed E-state index contributed by atoms with van der Waals surface area (Å²) in [4.78, 5) is 0. The van der Waals surface area contributed by atoms with E-state index in [1.807, 2.05) is 36.4 Å². The van der Waals surface area contributed by atoms with Gasteiger partial charge in [0.1, 0.15) is 0 Å². The molecule has 0 N–H and O–H groups in total. The van der Waals surface area contributed by atoms with Crippen molar-refractivity contribution >= 4 is 5.57 Å². The van der Waals surface area contributed by atoms with Crippen molar-refractivity contribution in [3.8, 4) is 0 Å². The molecule has 0 saturated heterocycles. The van der Waals surface area contributed by atoms with Gasteiger partial charge in [-0.25, -0.2) is 0 Å². The van der Waals surface area contributed by atoms with E-state index in [4.69, 9.17) is 0 Å². The first-order valence-corrected chi connectivity index (χ1v) is 5.00. The first-order chi connectivity index (χ1) is 7.36. The van der Waals surface area contributed by atoms with Crippen molar-refractivity contribution in [3.63, 3.8) is 0 Å². The van der Waals surface area contributed by atoms with Crippen LogP contribution in [-0.4, -0.2) is 0 Å². The zero-order valence-corrected chi connectivity index (χ0v) is 8.56. The van der Waals surface area contributed by atoms with Crippen LogP contribution in [0.1, 0.15) is 11.1 Å². The van der Waals surface area contributed by atoms with Gasteiger partial charge in [0.25, 0.3) is 0 Å². The van der Waals surface area contributed by atoms with Crippen LogP contribution >= 0.6 is 0 Å². The Bertz CT molecular complexity index is 426. The van der Waals surface area contributed by atoms with Crippen molar-refractivity contribution in [2.45, 2.75) is 0 Å². The molecule has 0 aliphatic rings. The van der Waals surface area contributed by atoms with Crippen molar-refractivity contribution in [3.05, 3.63) is 84.8 Å². The molecule has 0 aromatic heterocycles. The van der Waals surface area contributed by atoms with Gasteiger partial charge < -0.3 is 0 Å². The molecular weight excluding hydrogens is 180 g/mol. The highest BCUT2D eigenvalue weighted by Crippen LogP contribution is 2.18. The van der Waals surface area contributed by atoms with E-state index in [-0.39, 0.29) is 0 Å². The molecule has 0 aliphatic heterocycles. The van der Waals surface area contributed by atoms with Gasteiger partial charge in [0.2, 0.25) is 0 Å². The highest BCUT2D eigenvalue weighted by Gasteiger charge is 1.91. The highest BCUT2D eigenvalue weighted by molar-refractivity contribution is 5.73. The molecule has 2 rings (SSSR count). The van der Waals surface area contributed by atoms with Crippen molar-refractivity contribution in [2.75, 3.05) is 0 Å². The van der Waals surface area contributed by atoms with Gasteiger partial charge in [-0.3, -0.25) is 0 Å². The van der Waals surface area contributed by atoms with Gasteiger partial charge in [0.05, 0.1) is 0 Å². The van der Waals surface area contributed by atoms with Gasteiger partial charge in [0.15, 0.2) is 0 Å². The lowest BCUT2D eigenvalue weighted by Gasteiger charge is -2.12. The Morgan fingerprint density at radius 1 is 0.800 bits per heavy atom. The molecule has 0 aliphatic carbocycles. The third-order valence-corrected chi connectivity index (χ3v) is 2.29. The fraction of sp³-hybridized carbons (Fsp3) is 0. The van der Waals surface area contributed by atoms with Crippen LogP contribution in [-0.2, 0) is 0 Å². The first kappa shape index (κ1) is 9.60. The summed E-state index contributed by atoms with van der Waals surface area (Å²) in [6.07, 6.45) is 2.09. The van der Waals surface area contributed by atoms with E-state index in [0.717, 1.165) is 5.57 Å². The van der Waals surface area contributed by atoms with Gasteiger partial charge in [-0.1, -0.05) is 54.1 Å². The molecule has 0 fully saturated rings. The first-order valence-electron chi connectivity index (χ1n) is 5.00. The van der Waals surface area contributed by atoms with E-state index in [0.29, 0.717) is 0 Å². The molecule has 0 heterocycles.